The van der Waals surface area contributed by atoms with Gasteiger partial charge in [0.2, 0.25) is 0 Å². The molecule has 0 aromatic heterocycles. The Morgan fingerprint density at radius 1 is 1.12 bits per heavy atom. The third-order valence-electron chi connectivity index (χ3n) is 3.34. The molecule has 2 atom stereocenters. The van der Waals surface area contributed by atoms with Gasteiger partial charge in [-0.1, -0.05) is 0 Å². The van der Waals surface area contributed by atoms with Crippen LogP contribution in [-0.2, 0) is 4.74 Å². The molecule has 2 heterocycles. The van der Waals surface area contributed by atoms with E-state index in [9.17, 15) is 5.11 Å². The molecule has 16 heavy (non-hydrogen) atoms. The van der Waals surface area contributed by atoms with Crippen molar-refractivity contribution < 1.29 is 9.84 Å². The smallest absolute Gasteiger partial charge is 0.0831 e. The molecule has 0 aromatic carbocycles. The van der Waals surface area contributed by atoms with Crippen molar-refractivity contribution in [1.29, 1.82) is 0 Å². The van der Waals surface area contributed by atoms with Crippen LogP contribution >= 0.6 is 0 Å². The van der Waals surface area contributed by atoms with Crippen LogP contribution in [-0.4, -0.2) is 59.5 Å². The average Bonchev–Trinajstić information content (AvgIpc) is 2.45. The van der Waals surface area contributed by atoms with E-state index in [1.165, 1.54) is 0 Å². The van der Waals surface area contributed by atoms with Crippen LogP contribution in [0.4, 0.5) is 0 Å². The van der Waals surface area contributed by atoms with Gasteiger partial charge in [0.25, 0.3) is 0 Å². The van der Waals surface area contributed by atoms with E-state index in [-0.39, 0.29) is 23.3 Å². The molecule has 0 aromatic rings. The molecule has 0 radical (unpaired) electrons. The first-order valence-corrected chi connectivity index (χ1v) is 6.12. The maximum Gasteiger partial charge on any atom is 0.0831 e. The Morgan fingerprint density at radius 3 is 2.12 bits per heavy atom. The lowest BCUT2D eigenvalue weighted by Gasteiger charge is -2.49. The number of hydrogen-bond acceptors (Lipinski definition) is 4. The van der Waals surface area contributed by atoms with E-state index >= 15 is 0 Å². The van der Waals surface area contributed by atoms with E-state index in [0.29, 0.717) is 6.54 Å². The lowest BCUT2D eigenvalue weighted by Crippen LogP contribution is -2.61. The van der Waals surface area contributed by atoms with Gasteiger partial charge >= 0.3 is 0 Å². The summed E-state index contributed by atoms with van der Waals surface area (Å²) in [6.45, 7) is 11.9. The Bertz CT molecular complexity index is 250. The molecule has 0 unspecified atom stereocenters. The monoisotopic (exact) mass is 228 g/mol. The molecule has 4 heteroatoms. The minimum Gasteiger partial charge on any atom is -0.390 e. The topological polar surface area (TPSA) is 44.7 Å². The largest absolute Gasteiger partial charge is 0.390 e. The fourth-order valence-electron chi connectivity index (χ4n) is 3.10. The highest BCUT2D eigenvalue weighted by Crippen LogP contribution is 2.30. The highest BCUT2D eigenvalue weighted by atomic mass is 16.5. The summed E-state index contributed by atoms with van der Waals surface area (Å²) in [5.41, 5.74) is -0.270. The van der Waals surface area contributed by atoms with Crippen molar-refractivity contribution in [3.8, 4) is 0 Å². The van der Waals surface area contributed by atoms with Crippen molar-refractivity contribution >= 4 is 0 Å². The number of rotatable bonds is 1. The van der Waals surface area contributed by atoms with E-state index in [1.807, 2.05) is 0 Å². The molecule has 0 bridgehead atoms. The molecule has 4 nitrogen and oxygen atoms in total. The lowest BCUT2D eigenvalue weighted by atomic mass is 9.96. The van der Waals surface area contributed by atoms with E-state index in [1.54, 1.807) is 0 Å². The Kier molecular flexibility index (Phi) is 3.03. The van der Waals surface area contributed by atoms with Gasteiger partial charge < -0.3 is 15.2 Å². The minimum atomic E-state index is -0.246. The first kappa shape index (κ1) is 12.3. The molecule has 2 rings (SSSR count). The zero-order valence-corrected chi connectivity index (χ0v) is 10.8. The summed E-state index contributed by atoms with van der Waals surface area (Å²) in [5, 5.41) is 13.2. The van der Waals surface area contributed by atoms with Gasteiger partial charge in [0.05, 0.1) is 17.3 Å². The van der Waals surface area contributed by atoms with Crippen molar-refractivity contribution in [2.24, 2.45) is 0 Å². The van der Waals surface area contributed by atoms with Crippen LogP contribution in [0, 0.1) is 0 Å². The van der Waals surface area contributed by atoms with E-state index in [4.69, 9.17) is 4.74 Å². The van der Waals surface area contributed by atoms with Crippen LogP contribution in [0.15, 0.2) is 0 Å². The van der Waals surface area contributed by atoms with Crippen LogP contribution in [0.3, 0.4) is 0 Å². The number of ether oxygens (including phenoxy) is 1. The summed E-state index contributed by atoms with van der Waals surface area (Å²) in [4.78, 5) is 2.37. The first-order valence-electron chi connectivity index (χ1n) is 6.12. The summed E-state index contributed by atoms with van der Waals surface area (Å²) >= 11 is 0. The summed E-state index contributed by atoms with van der Waals surface area (Å²) in [6.07, 6.45) is -0.246. The van der Waals surface area contributed by atoms with Gasteiger partial charge in [-0.3, -0.25) is 4.90 Å². The predicted octanol–water partition coefficient (Wildman–Crippen LogP) is 0.209. The highest BCUT2D eigenvalue weighted by molar-refractivity contribution is 4.97. The summed E-state index contributed by atoms with van der Waals surface area (Å²) in [6, 6.07) is 0.238. The van der Waals surface area contributed by atoms with Gasteiger partial charge in [-0.2, -0.15) is 0 Å². The van der Waals surface area contributed by atoms with Crippen LogP contribution in [0.25, 0.3) is 0 Å². The molecule has 0 saturated carbocycles. The van der Waals surface area contributed by atoms with Crippen molar-refractivity contribution in [2.75, 3.05) is 26.2 Å². The van der Waals surface area contributed by atoms with E-state index < -0.39 is 0 Å². The van der Waals surface area contributed by atoms with Gasteiger partial charge in [0, 0.05) is 32.2 Å². The number of nitrogens with zero attached hydrogens (tertiary/aromatic N) is 1. The number of aliphatic hydroxyl groups is 1. The molecule has 2 saturated heterocycles. The Balaban J connectivity index is 2.10. The van der Waals surface area contributed by atoms with Gasteiger partial charge in [-0.05, 0) is 27.7 Å². The predicted molar refractivity (Wildman–Crippen MR) is 63.5 cm³/mol. The fraction of sp³-hybridized carbons (Fsp3) is 1.00. The Hall–Kier alpha value is -0.160. The molecule has 0 spiro atoms. The number of hydrogen-bond donors (Lipinski definition) is 2. The Labute approximate surface area is 98.0 Å². The molecule has 94 valence electrons. The molecule has 0 aliphatic carbocycles. The number of β-amino-alcohol motifs (C(OH)–C–C–N with tert-alkyl or cyclic N) is 1. The molecule has 2 N–H and O–H groups in total. The number of nitrogens with one attached hydrogen (secondary N) is 1. The maximum absolute atomic E-state index is 9.94. The van der Waals surface area contributed by atoms with Gasteiger partial charge in [-0.15, -0.1) is 0 Å². The quantitative estimate of drug-likeness (QED) is 0.673. The Morgan fingerprint density at radius 2 is 1.69 bits per heavy atom. The zero-order valence-electron chi connectivity index (χ0n) is 10.8. The second-order valence-corrected chi connectivity index (χ2v) is 6.32. The SMILES string of the molecule is CC1(C)CN([C@@H]2CNC[C@H]2O)CC(C)(C)O1. The van der Waals surface area contributed by atoms with E-state index in [0.717, 1.165) is 19.6 Å². The maximum atomic E-state index is 9.94. The van der Waals surface area contributed by atoms with E-state index in [2.05, 4.69) is 37.9 Å². The number of morpholine rings is 1. The summed E-state index contributed by atoms with van der Waals surface area (Å²) in [5.74, 6) is 0. The third-order valence-corrected chi connectivity index (χ3v) is 3.34. The van der Waals surface area contributed by atoms with Gasteiger partial charge in [-0.25, -0.2) is 0 Å². The van der Waals surface area contributed by atoms with Crippen molar-refractivity contribution in [3.05, 3.63) is 0 Å². The summed E-state index contributed by atoms with van der Waals surface area (Å²) < 4.78 is 6.04. The van der Waals surface area contributed by atoms with Gasteiger partial charge in [0.1, 0.15) is 0 Å². The second-order valence-electron chi connectivity index (χ2n) is 6.32. The minimum absolute atomic E-state index is 0.135. The standard InChI is InChI=1S/C12H24N2O2/c1-11(2)7-14(8-12(3,4)16-11)9-5-13-6-10(9)15/h9-10,13,15H,5-8H2,1-4H3/t9-,10-/m1/s1. The van der Waals surface area contributed by atoms with Crippen molar-refractivity contribution in [1.82, 2.24) is 10.2 Å². The molecule has 0 amide bonds. The van der Waals surface area contributed by atoms with Crippen LogP contribution in [0.2, 0.25) is 0 Å². The van der Waals surface area contributed by atoms with Crippen molar-refractivity contribution in [3.63, 3.8) is 0 Å². The number of aliphatic hydroxyl groups excluding tert-OH is 1. The second kappa shape index (κ2) is 3.95. The highest BCUT2D eigenvalue weighted by Gasteiger charge is 2.43. The lowest BCUT2D eigenvalue weighted by molar-refractivity contribution is -0.190. The van der Waals surface area contributed by atoms with Crippen LogP contribution in [0.1, 0.15) is 27.7 Å². The molecule has 2 aliphatic heterocycles. The molecule has 2 aliphatic rings. The first-order chi connectivity index (χ1) is 7.29. The molecular weight excluding hydrogens is 204 g/mol. The summed E-state index contributed by atoms with van der Waals surface area (Å²) in [7, 11) is 0. The van der Waals surface area contributed by atoms with Gasteiger partial charge in [0.15, 0.2) is 0 Å². The third kappa shape index (κ3) is 2.56. The zero-order chi connectivity index (χ0) is 12.0. The average molecular weight is 228 g/mol. The normalized spacial score (nSPS) is 38.8. The van der Waals surface area contributed by atoms with Crippen LogP contribution in [0.5, 0.6) is 0 Å². The molecular formula is C12H24N2O2. The molecule has 2 fully saturated rings. The fourth-order valence-corrected chi connectivity index (χ4v) is 3.10. The van der Waals surface area contributed by atoms with Crippen molar-refractivity contribution in [2.45, 2.75) is 51.0 Å². The van der Waals surface area contributed by atoms with Crippen LogP contribution < -0.4 is 5.32 Å².